The lowest BCUT2D eigenvalue weighted by atomic mass is 9.80. The summed E-state index contributed by atoms with van der Waals surface area (Å²) in [6.45, 7) is 14.0. The van der Waals surface area contributed by atoms with Crippen molar-refractivity contribution >= 4 is 0 Å². The van der Waals surface area contributed by atoms with Crippen molar-refractivity contribution in [3.05, 3.63) is 12.2 Å². The van der Waals surface area contributed by atoms with Crippen molar-refractivity contribution in [3.63, 3.8) is 0 Å². The van der Waals surface area contributed by atoms with Crippen LogP contribution in [0, 0.1) is 11.3 Å². The molecule has 0 heterocycles. The molecule has 0 aromatic rings. The second-order valence-electron chi connectivity index (χ2n) is 5.79. The number of allylic oxidation sites excluding steroid dienone is 1. The summed E-state index contributed by atoms with van der Waals surface area (Å²) in [4.78, 5) is 2.60. The van der Waals surface area contributed by atoms with Crippen molar-refractivity contribution in [2.24, 2.45) is 11.3 Å². The molecule has 1 aliphatic carbocycles. The van der Waals surface area contributed by atoms with Gasteiger partial charge in [0.25, 0.3) is 0 Å². The van der Waals surface area contributed by atoms with Gasteiger partial charge in [-0.3, -0.25) is 4.90 Å². The lowest BCUT2D eigenvalue weighted by Gasteiger charge is -2.30. The van der Waals surface area contributed by atoms with Crippen molar-refractivity contribution in [1.29, 1.82) is 0 Å². The summed E-state index contributed by atoms with van der Waals surface area (Å²) < 4.78 is 0. The van der Waals surface area contributed by atoms with Crippen molar-refractivity contribution in [2.75, 3.05) is 13.1 Å². The largest absolute Gasteiger partial charge is 0.297 e. The fourth-order valence-electron chi connectivity index (χ4n) is 2.44. The van der Waals surface area contributed by atoms with E-state index >= 15 is 0 Å². The van der Waals surface area contributed by atoms with Crippen LogP contribution in [0.25, 0.3) is 0 Å². The van der Waals surface area contributed by atoms with E-state index in [9.17, 15) is 0 Å². The molecule has 0 aliphatic heterocycles. The predicted octanol–water partition coefficient (Wildman–Crippen LogP) is 3.71. The Morgan fingerprint density at radius 1 is 1.20 bits per heavy atom. The molecule has 0 N–H and O–H groups in total. The molecule has 0 saturated heterocycles. The van der Waals surface area contributed by atoms with Crippen molar-refractivity contribution < 1.29 is 0 Å². The fraction of sp³-hybridized carbons (Fsp3) is 0.857. The topological polar surface area (TPSA) is 3.24 Å². The lowest BCUT2D eigenvalue weighted by Crippen LogP contribution is -2.34. The van der Waals surface area contributed by atoms with Crippen LogP contribution in [-0.2, 0) is 0 Å². The van der Waals surface area contributed by atoms with Gasteiger partial charge in [0.2, 0.25) is 0 Å². The molecule has 0 aromatic carbocycles. The Kier molecular flexibility index (Phi) is 4.39. The first-order chi connectivity index (χ1) is 6.99. The molecule has 0 radical (unpaired) electrons. The molecule has 0 fully saturated rings. The fourth-order valence-corrected chi connectivity index (χ4v) is 2.44. The highest BCUT2D eigenvalue weighted by Gasteiger charge is 2.30. The van der Waals surface area contributed by atoms with Gasteiger partial charge in [0.05, 0.1) is 0 Å². The van der Waals surface area contributed by atoms with Crippen LogP contribution in [0.5, 0.6) is 0 Å². The van der Waals surface area contributed by atoms with Crippen LogP contribution in [0.15, 0.2) is 12.2 Å². The van der Waals surface area contributed by atoms with Gasteiger partial charge in [-0.1, -0.05) is 46.8 Å². The van der Waals surface area contributed by atoms with Crippen LogP contribution in [0.2, 0.25) is 0 Å². The van der Waals surface area contributed by atoms with Crippen LogP contribution in [0.3, 0.4) is 0 Å². The molecular formula is C14H27N. The smallest absolute Gasteiger partial charge is 0.0283 e. The van der Waals surface area contributed by atoms with E-state index in [2.05, 4.69) is 51.7 Å². The third-order valence-corrected chi connectivity index (χ3v) is 3.56. The molecule has 0 saturated carbocycles. The van der Waals surface area contributed by atoms with Gasteiger partial charge in [-0.25, -0.2) is 0 Å². The van der Waals surface area contributed by atoms with Gasteiger partial charge in [0.15, 0.2) is 0 Å². The highest BCUT2D eigenvalue weighted by molar-refractivity contribution is 5.09. The summed E-state index contributed by atoms with van der Waals surface area (Å²) in [6, 6.07) is 0.694. The maximum absolute atomic E-state index is 2.60. The SMILES string of the molecule is CCCN(CC)C1C=CC(C(C)(C)C)C1. The molecule has 2 unspecified atom stereocenters. The molecular weight excluding hydrogens is 182 g/mol. The van der Waals surface area contributed by atoms with Gasteiger partial charge in [0.1, 0.15) is 0 Å². The van der Waals surface area contributed by atoms with Gasteiger partial charge in [-0.2, -0.15) is 0 Å². The third-order valence-electron chi connectivity index (χ3n) is 3.56. The quantitative estimate of drug-likeness (QED) is 0.638. The Balaban J connectivity index is 2.52. The predicted molar refractivity (Wildman–Crippen MR) is 68.0 cm³/mol. The molecule has 1 aliphatic rings. The summed E-state index contributed by atoms with van der Waals surface area (Å²) in [7, 11) is 0. The van der Waals surface area contributed by atoms with Crippen molar-refractivity contribution in [1.82, 2.24) is 4.90 Å². The molecule has 1 rings (SSSR count). The van der Waals surface area contributed by atoms with Gasteiger partial charge in [-0.15, -0.1) is 0 Å². The standard InChI is InChI=1S/C14H27N/c1-6-10-15(7-2)13-9-8-12(11-13)14(3,4)5/h8-9,12-13H,6-7,10-11H2,1-5H3. The molecule has 88 valence electrons. The van der Waals surface area contributed by atoms with Crippen LogP contribution in [0.1, 0.15) is 47.5 Å². The summed E-state index contributed by atoms with van der Waals surface area (Å²) in [5.41, 5.74) is 0.427. The van der Waals surface area contributed by atoms with E-state index < -0.39 is 0 Å². The molecule has 1 nitrogen and oxygen atoms in total. The Bertz CT molecular complexity index is 212. The van der Waals surface area contributed by atoms with Crippen molar-refractivity contribution in [2.45, 2.75) is 53.5 Å². The normalized spacial score (nSPS) is 26.5. The zero-order chi connectivity index (χ0) is 11.5. The van der Waals surface area contributed by atoms with Crippen LogP contribution < -0.4 is 0 Å². The molecule has 0 spiro atoms. The summed E-state index contributed by atoms with van der Waals surface area (Å²) >= 11 is 0. The first-order valence-corrected chi connectivity index (χ1v) is 6.41. The number of hydrogen-bond donors (Lipinski definition) is 0. The second-order valence-corrected chi connectivity index (χ2v) is 5.79. The minimum absolute atomic E-state index is 0.427. The molecule has 0 bridgehead atoms. The number of rotatable bonds is 4. The van der Waals surface area contributed by atoms with E-state index in [1.54, 1.807) is 0 Å². The van der Waals surface area contributed by atoms with Gasteiger partial charge >= 0.3 is 0 Å². The molecule has 0 aromatic heterocycles. The molecule has 2 atom stereocenters. The Labute approximate surface area is 95.5 Å². The average Bonchev–Trinajstić information content (AvgIpc) is 2.62. The summed E-state index contributed by atoms with van der Waals surface area (Å²) in [6.07, 6.45) is 7.44. The first kappa shape index (κ1) is 12.8. The Morgan fingerprint density at radius 2 is 1.87 bits per heavy atom. The van der Waals surface area contributed by atoms with Crippen LogP contribution in [-0.4, -0.2) is 24.0 Å². The average molecular weight is 209 g/mol. The summed E-state index contributed by atoms with van der Waals surface area (Å²) in [5.74, 6) is 0.758. The van der Waals surface area contributed by atoms with Gasteiger partial charge in [-0.05, 0) is 37.3 Å². The first-order valence-electron chi connectivity index (χ1n) is 6.41. The Hall–Kier alpha value is -0.300. The van der Waals surface area contributed by atoms with E-state index in [1.165, 1.54) is 25.9 Å². The third kappa shape index (κ3) is 3.34. The minimum Gasteiger partial charge on any atom is -0.297 e. The highest BCUT2D eigenvalue weighted by atomic mass is 15.1. The highest BCUT2D eigenvalue weighted by Crippen LogP contribution is 2.36. The van der Waals surface area contributed by atoms with Gasteiger partial charge < -0.3 is 0 Å². The lowest BCUT2D eigenvalue weighted by molar-refractivity contribution is 0.196. The van der Waals surface area contributed by atoms with Gasteiger partial charge in [0, 0.05) is 6.04 Å². The molecule has 0 amide bonds. The number of nitrogens with zero attached hydrogens (tertiary/aromatic N) is 1. The van der Waals surface area contributed by atoms with E-state index in [4.69, 9.17) is 0 Å². The molecule has 1 heteroatoms. The number of likely N-dealkylation sites (N-methyl/N-ethyl adjacent to an activating group) is 1. The van der Waals surface area contributed by atoms with E-state index in [0.717, 1.165) is 5.92 Å². The Morgan fingerprint density at radius 3 is 2.27 bits per heavy atom. The molecule has 15 heavy (non-hydrogen) atoms. The monoisotopic (exact) mass is 209 g/mol. The maximum atomic E-state index is 2.60. The zero-order valence-electron chi connectivity index (χ0n) is 11.1. The second kappa shape index (κ2) is 5.16. The minimum atomic E-state index is 0.427. The van der Waals surface area contributed by atoms with E-state index in [1.807, 2.05) is 0 Å². The van der Waals surface area contributed by atoms with Crippen LogP contribution in [0.4, 0.5) is 0 Å². The van der Waals surface area contributed by atoms with Crippen LogP contribution >= 0.6 is 0 Å². The zero-order valence-corrected chi connectivity index (χ0v) is 11.1. The summed E-state index contributed by atoms with van der Waals surface area (Å²) in [5, 5.41) is 0. The van der Waals surface area contributed by atoms with E-state index in [-0.39, 0.29) is 0 Å². The maximum Gasteiger partial charge on any atom is 0.0283 e. The van der Waals surface area contributed by atoms with E-state index in [0.29, 0.717) is 11.5 Å². The van der Waals surface area contributed by atoms with Crippen molar-refractivity contribution in [3.8, 4) is 0 Å². The number of hydrogen-bond acceptors (Lipinski definition) is 1.